The van der Waals surface area contributed by atoms with Gasteiger partial charge in [0.05, 0.1) is 11.4 Å². The van der Waals surface area contributed by atoms with Crippen LogP contribution in [0, 0.1) is 0 Å². The zero-order chi connectivity index (χ0) is 11.7. The van der Waals surface area contributed by atoms with Crippen molar-refractivity contribution in [2.24, 2.45) is 0 Å². The second-order valence-electron chi connectivity index (χ2n) is 4.68. The number of nitrogen functional groups attached to an aromatic ring is 2. The number of rotatable bonds is 2. The predicted molar refractivity (Wildman–Crippen MR) is 69.1 cm³/mol. The molecule has 16 heavy (non-hydrogen) atoms. The maximum atomic E-state index is 6.06. The third kappa shape index (κ3) is 1.87. The van der Waals surface area contributed by atoms with E-state index in [4.69, 9.17) is 11.5 Å². The summed E-state index contributed by atoms with van der Waals surface area (Å²) in [7, 11) is 0. The lowest BCUT2D eigenvalue weighted by Crippen LogP contribution is -2.37. The van der Waals surface area contributed by atoms with Crippen LogP contribution >= 0.6 is 0 Å². The van der Waals surface area contributed by atoms with Crippen molar-refractivity contribution >= 4 is 11.4 Å². The lowest BCUT2D eigenvalue weighted by atomic mass is 9.96. The van der Waals surface area contributed by atoms with Crippen molar-refractivity contribution in [1.29, 1.82) is 0 Å². The molecule has 4 N–H and O–H groups in total. The molecule has 3 nitrogen and oxygen atoms in total. The SMILES string of the molecule is CC[C@H](C)N1CCc2ccc(N)c(N)c2C1. The number of hydrogen-bond donors (Lipinski definition) is 2. The van der Waals surface area contributed by atoms with Crippen molar-refractivity contribution in [2.45, 2.75) is 39.3 Å². The minimum absolute atomic E-state index is 0.619. The first-order valence-corrected chi connectivity index (χ1v) is 6.03. The molecule has 1 aromatic rings. The standard InChI is InChI=1S/C13H21N3/c1-3-9(2)16-7-6-10-4-5-12(14)13(15)11(10)8-16/h4-5,9H,3,6-8,14-15H2,1-2H3/t9-/m0/s1. The van der Waals surface area contributed by atoms with Gasteiger partial charge in [-0.15, -0.1) is 0 Å². The first kappa shape index (κ1) is 11.3. The number of nitrogens with zero attached hydrogens (tertiary/aromatic N) is 1. The minimum atomic E-state index is 0.619. The van der Waals surface area contributed by atoms with E-state index in [2.05, 4.69) is 24.8 Å². The normalized spacial score (nSPS) is 18.1. The molecule has 0 fully saturated rings. The van der Waals surface area contributed by atoms with Crippen LogP contribution in [0.15, 0.2) is 12.1 Å². The van der Waals surface area contributed by atoms with Gasteiger partial charge < -0.3 is 11.5 Å². The highest BCUT2D eigenvalue weighted by Gasteiger charge is 2.21. The molecule has 0 amide bonds. The summed E-state index contributed by atoms with van der Waals surface area (Å²) in [6, 6.07) is 4.66. The lowest BCUT2D eigenvalue weighted by Gasteiger charge is -2.34. The van der Waals surface area contributed by atoms with Crippen molar-refractivity contribution < 1.29 is 0 Å². The number of nitrogens with two attached hydrogens (primary N) is 2. The van der Waals surface area contributed by atoms with Gasteiger partial charge in [0.2, 0.25) is 0 Å². The number of benzene rings is 1. The second kappa shape index (κ2) is 4.34. The van der Waals surface area contributed by atoms with Gasteiger partial charge in [-0.05, 0) is 37.0 Å². The molecule has 0 unspecified atom stereocenters. The molecule has 0 bridgehead atoms. The molecule has 1 aromatic carbocycles. The smallest absolute Gasteiger partial charge is 0.0596 e. The Balaban J connectivity index is 2.28. The summed E-state index contributed by atoms with van der Waals surface area (Å²) in [6.07, 6.45) is 2.27. The Morgan fingerprint density at radius 2 is 2.12 bits per heavy atom. The molecule has 2 rings (SSSR count). The van der Waals surface area contributed by atoms with E-state index in [9.17, 15) is 0 Å². The summed E-state index contributed by atoms with van der Waals surface area (Å²) in [6.45, 7) is 6.57. The topological polar surface area (TPSA) is 55.3 Å². The Kier molecular flexibility index (Phi) is 3.06. The highest BCUT2D eigenvalue weighted by molar-refractivity contribution is 5.69. The van der Waals surface area contributed by atoms with Crippen LogP contribution in [0.3, 0.4) is 0 Å². The monoisotopic (exact) mass is 219 g/mol. The van der Waals surface area contributed by atoms with E-state index in [1.165, 1.54) is 17.5 Å². The van der Waals surface area contributed by atoms with Crippen LogP contribution in [0.2, 0.25) is 0 Å². The summed E-state index contributed by atoms with van der Waals surface area (Å²) >= 11 is 0. The molecular formula is C13H21N3. The Bertz CT molecular complexity index is 387. The van der Waals surface area contributed by atoms with E-state index in [0.29, 0.717) is 11.7 Å². The van der Waals surface area contributed by atoms with Crippen molar-refractivity contribution in [3.63, 3.8) is 0 Å². The van der Waals surface area contributed by atoms with Crippen LogP contribution < -0.4 is 11.5 Å². The molecule has 0 radical (unpaired) electrons. The molecule has 0 saturated carbocycles. The molecule has 0 aromatic heterocycles. The maximum Gasteiger partial charge on any atom is 0.0596 e. The van der Waals surface area contributed by atoms with Gasteiger partial charge in [0.15, 0.2) is 0 Å². The van der Waals surface area contributed by atoms with Crippen LogP contribution in [-0.4, -0.2) is 17.5 Å². The Labute approximate surface area is 97.4 Å². The Hall–Kier alpha value is -1.22. The summed E-state index contributed by atoms with van der Waals surface area (Å²) in [5.41, 5.74) is 16.0. The first-order valence-electron chi connectivity index (χ1n) is 6.03. The highest BCUT2D eigenvalue weighted by atomic mass is 15.2. The average molecular weight is 219 g/mol. The van der Waals surface area contributed by atoms with Gasteiger partial charge in [-0.2, -0.15) is 0 Å². The lowest BCUT2D eigenvalue weighted by molar-refractivity contribution is 0.187. The number of anilines is 2. The first-order chi connectivity index (χ1) is 7.63. The summed E-state index contributed by atoms with van der Waals surface area (Å²) in [4.78, 5) is 2.48. The summed E-state index contributed by atoms with van der Waals surface area (Å²) in [5, 5.41) is 0. The minimum Gasteiger partial charge on any atom is -0.397 e. The van der Waals surface area contributed by atoms with Gasteiger partial charge in [-0.25, -0.2) is 0 Å². The second-order valence-corrected chi connectivity index (χ2v) is 4.68. The van der Waals surface area contributed by atoms with Gasteiger partial charge in [-0.3, -0.25) is 4.90 Å². The summed E-state index contributed by atoms with van der Waals surface area (Å²) in [5.74, 6) is 0. The van der Waals surface area contributed by atoms with Crippen LogP contribution in [0.5, 0.6) is 0 Å². The van der Waals surface area contributed by atoms with Gasteiger partial charge in [0.25, 0.3) is 0 Å². The van der Waals surface area contributed by atoms with E-state index in [-0.39, 0.29) is 0 Å². The highest BCUT2D eigenvalue weighted by Crippen LogP contribution is 2.29. The van der Waals surface area contributed by atoms with Gasteiger partial charge in [0, 0.05) is 19.1 Å². The van der Waals surface area contributed by atoms with E-state index < -0.39 is 0 Å². The van der Waals surface area contributed by atoms with Gasteiger partial charge >= 0.3 is 0 Å². The van der Waals surface area contributed by atoms with Crippen LogP contribution in [0.4, 0.5) is 11.4 Å². The van der Waals surface area contributed by atoms with Crippen LogP contribution in [-0.2, 0) is 13.0 Å². The zero-order valence-corrected chi connectivity index (χ0v) is 10.2. The third-order valence-corrected chi connectivity index (χ3v) is 3.73. The number of hydrogen-bond acceptors (Lipinski definition) is 3. The largest absolute Gasteiger partial charge is 0.397 e. The van der Waals surface area contributed by atoms with Gasteiger partial charge in [0.1, 0.15) is 0 Å². The fourth-order valence-electron chi connectivity index (χ4n) is 2.33. The molecule has 1 heterocycles. The van der Waals surface area contributed by atoms with E-state index in [1.807, 2.05) is 6.07 Å². The van der Waals surface area contributed by atoms with Gasteiger partial charge in [-0.1, -0.05) is 13.0 Å². The number of fused-ring (bicyclic) bond motifs is 1. The van der Waals surface area contributed by atoms with Crippen molar-refractivity contribution in [2.75, 3.05) is 18.0 Å². The fourth-order valence-corrected chi connectivity index (χ4v) is 2.33. The van der Waals surface area contributed by atoms with Crippen LogP contribution in [0.1, 0.15) is 31.4 Å². The molecule has 1 aliphatic heterocycles. The molecule has 88 valence electrons. The molecule has 0 aliphatic carbocycles. The van der Waals surface area contributed by atoms with Crippen molar-refractivity contribution in [3.8, 4) is 0 Å². The molecular weight excluding hydrogens is 198 g/mol. The zero-order valence-electron chi connectivity index (χ0n) is 10.2. The summed E-state index contributed by atoms with van der Waals surface area (Å²) < 4.78 is 0. The van der Waals surface area contributed by atoms with E-state index in [0.717, 1.165) is 25.2 Å². The van der Waals surface area contributed by atoms with E-state index in [1.54, 1.807) is 0 Å². The molecule has 0 saturated heterocycles. The Morgan fingerprint density at radius 3 is 2.81 bits per heavy atom. The third-order valence-electron chi connectivity index (χ3n) is 3.73. The molecule has 3 heteroatoms. The van der Waals surface area contributed by atoms with Crippen LogP contribution in [0.25, 0.3) is 0 Å². The predicted octanol–water partition coefficient (Wildman–Crippen LogP) is 2.01. The fraction of sp³-hybridized carbons (Fsp3) is 0.538. The quantitative estimate of drug-likeness (QED) is 0.748. The van der Waals surface area contributed by atoms with Crippen molar-refractivity contribution in [1.82, 2.24) is 4.90 Å². The Morgan fingerprint density at radius 1 is 1.38 bits per heavy atom. The maximum absolute atomic E-state index is 6.06. The molecule has 0 spiro atoms. The average Bonchev–Trinajstić information content (AvgIpc) is 2.32. The molecule has 1 aliphatic rings. The van der Waals surface area contributed by atoms with Crippen molar-refractivity contribution in [3.05, 3.63) is 23.3 Å². The van der Waals surface area contributed by atoms with E-state index >= 15 is 0 Å². The molecule has 1 atom stereocenters.